The monoisotopic (exact) mass is 273 g/mol. The first-order valence-electron chi connectivity index (χ1n) is 7.50. The van der Waals surface area contributed by atoms with Crippen molar-refractivity contribution in [2.24, 2.45) is 0 Å². The van der Waals surface area contributed by atoms with E-state index in [0.717, 1.165) is 17.3 Å². The third-order valence-electron chi connectivity index (χ3n) is 3.96. The molecule has 0 spiro atoms. The van der Waals surface area contributed by atoms with E-state index in [-0.39, 0.29) is 0 Å². The van der Waals surface area contributed by atoms with Gasteiger partial charge in [0.25, 0.3) is 0 Å². The molecular formula is C15H23N5. The number of nitrogens with zero attached hydrogens (tertiary/aromatic N) is 4. The summed E-state index contributed by atoms with van der Waals surface area (Å²) in [4.78, 5) is 4.62. The van der Waals surface area contributed by atoms with E-state index < -0.39 is 0 Å². The second-order valence-corrected chi connectivity index (χ2v) is 5.98. The zero-order valence-corrected chi connectivity index (χ0v) is 12.5. The number of aromatic nitrogens is 4. The van der Waals surface area contributed by atoms with Crippen molar-refractivity contribution >= 4 is 11.6 Å². The van der Waals surface area contributed by atoms with Crippen LogP contribution in [0.2, 0.25) is 0 Å². The van der Waals surface area contributed by atoms with Gasteiger partial charge in [-0.15, -0.1) is 0 Å². The smallest absolute Gasteiger partial charge is 0.207 e. The molecule has 0 unspecified atom stereocenters. The number of hydrogen-bond donors (Lipinski definition) is 1. The normalized spacial score (nSPS) is 16.2. The largest absolute Gasteiger partial charge is 0.323 e. The summed E-state index contributed by atoms with van der Waals surface area (Å²) in [6.07, 6.45) is 11.2. The molecule has 0 amide bonds. The molecule has 0 aromatic carbocycles. The molecule has 1 aliphatic carbocycles. The molecule has 2 aromatic rings. The average Bonchev–Trinajstić information content (AvgIpc) is 3.10. The van der Waals surface area contributed by atoms with Gasteiger partial charge in [0.05, 0.1) is 17.6 Å². The van der Waals surface area contributed by atoms with Crippen molar-refractivity contribution < 1.29 is 0 Å². The molecular weight excluding hydrogens is 250 g/mol. The van der Waals surface area contributed by atoms with Gasteiger partial charge >= 0.3 is 0 Å². The Labute approximate surface area is 120 Å². The summed E-state index contributed by atoms with van der Waals surface area (Å²) in [6.45, 7) is 6.30. The van der Waals surface area contributed by atoms with Gasteiger partial charge in [0, 0.05) is 24.5 Å². The van der Waals surface area contributed by atoms with Crippen LogP contribution in [0, 0.1) is 6.92 Å². The van der Waals surface area contributed by atoms with Gasteiger partial charge in [-0.2, -0.15) is 5.10 Å². The summed E-state index contributed by atoms with van der Waals surface area (Å²) in [5, 5.41) is 7.78. The minimum Gasteiger partial charge on any atom is -0.323 e. The average molecular weight is 273 g/mol. The Morgan fingerprint density at radius 1 is 1.25 bits per heavy atom. The molecule has 0 saturated heterocycles. The Balaban J connectivity index is 1.82. The summed E-state index contributed by atoms with van der Waals surface area (Å²) in [5.41, 5.74) is 2.07. The Kier molecular flexibility index (Phi) is 3.51. The molecule has 0 aliphatic heterocycles. The highest BCUT2D eigenvalue weighted by atomic mass is 15.3. The van der Waals surface area contributed by atoms with Crippen molar-refractivity contribution in [3.8, 4) is 0 Å². The quantitative estimate of drug-likeness (QED) is 0.921. The predicted molar refractivity (Wildman–Crippen MR) is 80.4 cm³/mol. The highest BCUT2D eigenvalue weighted by Crippen LogP contribution is 2.32. The van der Waals surface area contributed by atoms with Gasteiger partial charge in [-0.3, -0.25) is 4.68 Å². The lowest BCUT2D eigenvalue weighted by atomic mass is 10.2. The molecule has 5 heteroatoms. The van der Waals surface area contributed by atoms with Gasteiger partial charge in [0.2, 0.25) is 5.95 Å². The summed E-state index contributed by atoms with van der Waals surface area (Å²) in [7, 11) is 0. The fourth-order valence-corrected chi connectivity index (χ4v) is 2.88. The number of aryl methyl sites for hydroxylation is 1. The molecule has 1 aliphatic rings. The van der Waals surface area contributed by atoms with Gasteiger partial charge in [-0.25, -0.2) is 4.98 Å². The topological polar surface area (TPSA) is 47.7 Å². The third-order valence-corrected chi connectivity index (χ3v) is 3.96. The van der Waals surface area contributed by atoms with E-state index in [2.05, 4.69) is 40.0 Å². The molecule has 2 aromatic heterocycles. The van der Waals surface area contributed by atoms with Crippen LogP contribution in [-0.2, 0) is 0 Å². The zero-order valence-electron chi connectivity index (χ0n) is 12.5. The first-order chi connectivity index (χ1) is 9.63. The van der Waals surface area contributed by atoms with Crippen LogP contribution in [0.25, 0.3) is 0 Å². The molecule has 0 bridgehead atoms. The van der Waals surface area contributed by atoms with Crippen LogP contribution in [0.3, 0.4) is 0 Å². The highest BCUT2D eigenvalue weighted by molar-refractivity contribution is 5.51. The third kappa shape index (κ3) is 2.57. The molecule has 3 rings (SSSR count). The maximum Gasteiger partial charge on any atom is 0.207 e. The maximum absolute atomic E-state index is 4.62. The fraction of sp³-hybridized carbons (Fsp3) is 0.600. The Hall–Kier alpha value is -1.78. The summed E-state index contributed by atoms with van der Waals surface area (Å²) >= 11 is 0. The Morgan fingerprint density at radius 2 is 2.00 bits per heavy atom. The van der Waals surface area contributed by atoms with E-state index in [1.165, 1.54) is 25.7 Å². The first-order valence-corrected chi connectivity index (χ1v) is 7.50. The zero-order chi connectivity index (χ0) is 14.1. The lowest BCUT2D eigenvalue weighted by molar-refractivity contribution is 0.524. The van der Waals surface area contributed by atoms with Gasteiger partial charge in [0.1, 0.15) is 0 Å². The van der Waals surface area contributed by atoms with E-state index in [1.807, 2.05) is 24.0 Å². The number of nitrogens with one attached hydrogen (secondary N) is 1. The van der Waals surface area contributed by atoms with Crippen molar-refractivity contribution in [3.63, 3.8) is 0 Å². The number of anilines is 2. The SMILES string of the molecule is Cc1cn(C2CCCC2)c(Nc2cnn(C(C)C)c2)n1. The maximum atomic E-state index is 4.62. The Bertz CT molecular complexity index is 575. The highest BCUT2D eigenvalue weighted by Gasteiger charge is 2.20. The lowest BCUT2D eigenvalue weighted by Crippen LogP contribution is -2.07. The molecule has 20 heavy (non-hydrogen) atoms. The van der Waals surface area contributed by atoms with Crippen LogP contribution in [0.4, 0.5) is 11.6 Å². The van der Waals surface area contributed by atoms with E-state index >= 15 is 0 Å². The molecule has 1 fully saturated rings. The number of hydrogen-bond acceptors (Lipinski definition) is 3. The number of rotatable bonds is 4. The van der Waals surface area contributed by atoms with Crippen molar-refractivity contribution in [2.45, 2.75) is 58.5 Å². The predicted octanol–water partition coefficient (Wildman–Crippen LogP) is 3.83. The molecule has 2 heterocycles. The molecule has 0 atom stereocenters. The van der Waals surface area contributed by atoms with Gasteiger partial charge in [0.15, 0.2) is 0 Å². The summed E-state index contributed by atoms with van der Waals surface area (Å²) < 4.78 is 4.26. The molecule has 0 radical (unpaired) electrons. The second-order valence-electron chi connectivity index (χ2n) is 5.98. The molecule has 108 valence electrons. The molecule has 1 saturated carbocycles. The van der Waals surface area contributed by atoms with Crippen LogP contribution < -0.4 is 5.32 Å². The van der Waals surface area contributed by atoms with E-state index in [0.29, 0.717) is 12.1 Å². The van der Waals surface area contributed by atoms with Gasteiger partial charge < -0.3 is 9.88 Å². The van der Waals surface area contributed by atoms with Crippen LogP contribution in [0.5, 0.6) is 0 Å². The van der Waals surface area contributed by atoms with Crippen molar-refractivity contribution in [1.82, 2.24) is 19.3 Å². The van der Waals surface area contributed by atoms with E-state index in [4.69, 9.17) is 0 Å². The van der Waals surface area contributed by atoms with Crippen molar-refractivity contribution in [2.75, 3.05) is 5.32 Å². The minimum absolute atomic E-state index is 0.377. The van der Waals surface area contributed by atoms with Crippen molar-refractivity contribution in [1.29, 1.82) is 0 Å². The Morgan fingerprint density at radius 3 is 2.65 bits per heavy atom. The van der Waals surface area contributed by atoms with Crippen LogP contribution in [0.15, 0.2) is 18.6 Å². The van der Waals surface area contributed by atoms with Gasteiger partial charge in [-0.1, -0.05) is 12.8 Å². The van der Waals surface area contributed by atoms with Crippen LogP contribution >= 0.6 is 0 Å². The summed E-state index contributed by atoms with van der Waals surface area (Å²) in [5.74, 6) is 0.942. The first kappa shape index (κ1) is 13.2. The van der Waals surface area contributed by atoms with E-state index in [1.54, 1.807) is 0 Å². The number of imidazole rings is 1. The second kappa shape index (κ2) is 5.31. The molecule has 5 nitrogen and oxygen atoms in total. The standard InChI is InChI=1S/C15H23N5/c1-11(2)20-10-13(8-16-20)18-15-17-12(3)9-19(15)14-6-4-5-7-14/h8-11,14H,4-7H2,1-3H3,(H,17,18). The van der Waals surface area contributed by atoms with Crippen LogP contribution in [-0.4, -0.2) is 19.3 Å². The minimum atomic E-state index is 0.377. The van der Waals surface area contributed by atoms with Gasteiger partial charge in [-0.05, 0) is 33.6 Å². The molecule has 1 N–H and O–H groups in total. The summed E-state index contributed by atoms with van der Waals surface area (Å²) in [6, 6.07) is 0.973. The lowest BCUT2D eigenvalue weighted by Gasteiger charge is -2.14. The fourth-order valence-electron chi connectivity index (χ4n) is 2.88. The van der Waals surface area contributed by atoms with Crippen LogP contribution in [0.1, 0.15) is 57.3 Å². The van der Waals surface area contributed by atoms with E-state index in [9.17, 15) is 0 Å². The van der Waals surface area contributed by atoms with Crippen molar-refractivity contribution in [3.05, 3.63) is 24.3 Å².